The molecule has 0 aromatic heterocycles. The second-order valence-corrected chi connectivity index (χ2v) is 6.93. The zero-order valence-corrected chi connectivity index (χ0v) is 16.1. The van der Waals surface area contributed by atoms with Crippen LogP contribution in [-0.4, -0.2) is 31.4 Å². The number of amides is 1. The largest absolute Gasteiger partial charge is 0.484 e. The molecular weight excluding hydrogens is 364 g/mol. The van der Waals surface area contributed by atoms with Crippen LogP contribution in [0.5, 0.6) is 5.75 Å². The molecule has 0 atom stereocenters. The van der Waals surface area contributed by atoms with E-state index in [0.29, 0.717) is 28.4 Å². The minimum Gasteiger partial charge on any atom is -0.484 e. The fourth-order valence-electron chi connectivity index (χ4n) is 3.12. The summed E-state index contributed by atoms with van der Waals surface area (Å²) in [6.07, 6.45) is 2.76. The van der Waals surface area contributed by atoms with Crippen LogP contribution in [0.15, 0.2) is 42.5 Å². The molecule has 1 aliphatic rings. The highest BCUT2D eigenvalue weighted by molar-refractivity contribution is 6.31. The van der Waals surface area contributed by atoms with E-state index in [1.165, 1.54) is 0 Å². The van der Waals surface area contributed by atoms with E-state index in [9.17, 15) is 9.59 Å². The van der Waals surface area contributed by atoms with Crippen LogP contribution in [0.4, 0.5) is 11.4 Å². The Hall–Kier alpha value is -2.53. The molecule has 1 fully saturated rings. The molecule has 0 radical (unpaired) electrons. The standard InChI is InChI=1S/C21H23ClN2O3/c1-2-20(25)15-5-8-17(9-6-15)27-14-21(26)23-18-13-16(22)7-10-19(18)24-11-3-4-12-24/h5-10,13H,2-4,11-12,14H2,1H3,(H,23,26). The SMILES string of the molecule is CCC(=O)c1ccc(OCC(=O)Nc2cc(Cl)ccc2N2CCCC2)cc1. The van der Waals surface area contributed by atoms with Gasteiger partial charge < -0.3 is 15.0 Å². The van der Waals surface area contributed by atoms with Crippen LogP contribution >= 0.6 is 11.6 Å². The molecule has 27 heavy (non-hydrogen) atoms. The van der Waals surface area contributed by atoms with E-state index in [1.807, 2.05) is 19.1 Å². The first-order valence-electron chi connectivity index (χ1n) is 9.17. The summed E-state index contributed by atoms with van der Waals surface area (Å²) < 4.78 is 5.53. The third kappa shape index (κ3) is 5.01. The van der Waals surface area contributed by atoms with Crippen LogP contribution in [0, 0.1) is 0 Å². The van der Waals surface area contributed by atoms with E-state index in [1.54, 1.807) is 30.3 Å². The Morgan fingerprint density at radius 1 is 1.11 bits per heavy atom. The Labute approximate surface area is 164 Å². The third-order valence-electron chi connectivity index (χ3n) is 4.55. The van der Waals surface area contributed by atoms with E-state index >= 15 is 0 Å². The molecule has 142 valence electrons. The van der Waals surface area contributed by atoms with Crippen LogP contribution in [-0.2, 0) is 4.79 Å². The maximum Gasteiger partial charge on any atom is 0.262 e. The van der Waals surface area contributed by atoms with Crippen LogP contribution < -0.4 is 15.0 Å². The van der Waals surface area contributed by atoms with Gasteiger partial charge in [0.15, 0.2) is 12.4 Å². The molecule has 0 spiro atoms. The van der Waals surface area contributed by atoms with E-state index < -0.39 is 0 Å². The monoisotopic (exact) mass is 386 g/mol. The molecule has 1 heterocycles. The van der Waals surface area contributed by atoms with Crippen molar-refractivity contribution in [1.82, 2.24) is 0 Å². The summed E-state index contributed by atoms with van der Waals surface area (Å²) in [6, 6.07) is 12.4. The lowest BCUT2D eigenvalue weighted by Crippen LogP contribution is -2.24. The van der Waals surface area contributed by atoms with Crippen LogP contribution in [0.25, 0.3) is 0 Å². The summed E-state index contributed by atoms with van der Waals surface area (Å²) in [5.41, 5.74) is 2.32. The Bertz CT molecular complexity index is 815. The van der Waals surface area contributed by atoms with Crippen molar-refractivity contribution in [2.75, 3.05) is 29.9 Å². The van der Waals surface area contributed by atoms with Gasteiger partial charge in [0.2, 0.25) is 0 Å². The molecular formula is C21H23ClN2O3. The van der Waals surface area contributed by atoms with E-state index in [0.717, 1.165) is 31.6 Å². The Kier molecular flexibility index (Phi) is 6.35. The molecule has 0 aliphatic carbocycles. The highest BCUT2D eigenvalue weighted by Gasteiger charge is 2.17. The molecule has 0 bridgehead atoms. The third-order valence-corrected chi connectivity index (χ3v) is 4.78. The average molecular weight is 387 g/mol. The number of rotatable bonds is 7. The number of carbonyl (C=O) groups is 2. The van der Waals surface area contributed by atoms with Gasteiger partial charge in [0.05, 0.1) is 11.4 Å². The lowest BCUT2D eigenvalue weighted by atomic mass is 10.1. The molecule has 6 heteroatoms. The van der Waals surface area contributed by atoms with Gasteiger partial charge >= 0.3 is 0 Å². The topological polar surface area (TPSA) is 58.6 Å². The van der Waals surface area contributed by atoms with Crippen molar-refractivity contribution in [2.45, 2.75) is 26.2 Å². The molecule has 2 aromatic carbocycles. The second-order valence-electron chi connectivity index (χ2n) is 6.49. The fourth-order valence-corrected chi connectivity index (χ4v) is 3.29. The van der Waals surface area contributed by atoms with Crippen molar-refractivity contribution in [1.29, 1.82) is 0 Å². The average Bonchev–Trinajstić information content (AvgIpc) is 3.21. The lowest BCUT2D eigenvalue weighted by Gasteiger charge is -2.22. The minimum atomic E-state index is -0.258. The Balaban J connectivity index is 1.61. The van der Waals surface area contributed by atoms with Gasteiger partial charge in [-0.15, -0.1) is 0 Å². The van der Waals surface area contributed by atoms with Gasteiger partial charge in [-0.05, 0) is 55.3 Å². The van der Waals surface area contributed by atoms with Gasteiger partial charge in [-0.25, -0.2) is 0 Å². The quantitative estimate of drug-likeness (QED) is 0.709. The molecule has 3 rings (SSSR count). The van der Waals surface area contributed by atoms with Gasteiger partial charge in [-0.1, -0.05) is 18.5 Å². The first kappa shape index (κ1) is 19.2. The van der Waals surface area contributed by atoms with Gasteiger partial charge in [0.1, 0.15) is 5.75 Å². The van der Waals surface area contributed by atoms with Crippen molar-refractivity contribution < 1.29 is 14.3 Å². The predicted molar refractivity (Wildman–Crippen MR) is 108 cm³/mol. The number of carbonyl (C=O) groups excluding carboxylic acids is 2. The van der Waals surface area contributed by atoms with E-state index in [-0.39, 0.29) is 18.3 Å². The lowest BCUT2D eigenvalue weighted by molar-refractivity contribution is -0.118. The number of anilines is 2. The molecule has 1 amide bonds. The van der Waals surface area contributed by atoms with Crippen molar-refractivity contribution in [3.8, 4) is 5.75 Å². The summed E-state index contributed by atoms with van der Waals surface area (Å²) in [7, 11) is 0. The van der Waals surface area contributed by atoms with Crippen molar-refractivity contribution >= 4 is 34.7 Å². The normalized spacial score (nSPS) is 13.5. The van der Waals surface area contributed by atoms with Crippen molar-refractivity contribution in [3.63, 3.8) is 0 Å². The Morgan fingerprint density at radius 3 is 2.48 bits per heavy atom. The number of hydrogen-bond donors (Lipinski definition) is 1. The maximum absolute atomic E-state index is 12.3. The van der Waals surface area contributed by atoms with Crippen LogP contribution in [0.1, 0.15) is 36.5 Å². The molecule has 5 nitrogen and oxygen atoms in total. The summed E-state index contributed by atoms with van der Waals surface area (Å²) in [4.78, 5) is 26.2. The highest BCUT2D eigenvalue weighted by atomic mass is 35.5. The number of nitrogens with zero attached hydrogens (tertiary/aromatic N) is 1. The number of ketones is 1. The van der Waals surface area contributed by atoms with Crippen molar-refractivity contribution in [2.24, 2.45) is 0 Å². The van der Waals surface area contributed by atoms with Gasteiger partial charge in [0.25, 0.3) is 5.91 Å². The molecule has 1 N–H and O–H groups in total. The molecule has 0 saturated carbocycles. The number of benzene rings is 2. The Morgan fingerprint density at radius 2 is 1.81 bits per heavy atom. The fraction of sp³-hybridized carbons (Fsp3) is 0.333. The zero-order chi connectivity index (χ0) is 19.2. The zero-order valence-electron chi connectivity index (χ0n) is 15.3. The minimum absolute atomic E-state index is 0.0784. The van der Waals surface area contributed by atoms with Gasteiger partial charge in [-0.2, -0.15) is 0 Å². The van der Waals surface area contributed by atoms with E-state index in [4.69, 9.17) is 16.3 Å². The summed E-state index contributed by atoms with van der Waals surface area (Å²) in [6.45, 7) is 3.66. The number of Topliss-reactive ketones (excluding diaryl/α,β-unsaturated/α-hetero) is 1. The van der Waals surface area contributed by atoms with E-state index in [2.05, 4.69) is 10.2 Å². The number of nitrogens with one attached hydrogen (secondary N) is 1. The predicted octanol–water partition coefficient (Wildman–Crippen LogP) is 4.55. The summed E-state index contributed by atoms with van der Waals surface area (Å²) in [5, 5.41) is 3.47. The smallest absolute Gasteiger partial charge is 0.262 e. The summed E-state index contributed by atoms with van der Waals surface area (Å²) >= 11 is 6.10. The van der Waals surface area contributed by atoms with Crippen LogP contribution in [0.2, 0.25) is 5.02 Å². The van der Waals surface area contributed by atoms with Gasteiger partial charge in [-0.3, -0.25) is 9.59 Å². The van der Waals surface area contributed by atoms with Gasteiger partial charge in [0, 0.05) is 30.1 Å². The van der Waals surface area contributed by atoms with Crippen LogP contribution in [0.3, 0.4) is 0 Å². The number of ether oxygens (including phenoxy) is 1. The van der Waals surface area contributed by atoms with Crippen molar-refractivity contribution in [3.05, 3.63) is 53.1 Å². The molecule has 1 saturated heterocycles. The molecule has 0 unspecified atom stereocenters. The highest BCUT2D eigenvalue weighted by Crippen LogP contribution is 2.31. The summed E-state index contributed by atoms with van der Waals surface area (Å²) in [5.74, 6) is 0.366. The number of halogens is 1. The molecule has 1 aliphatic heterocycles. The maximum atomic E-state index is 12.3. The first-order chi connectivity index (χ1) is 13.1. The second kappa shape index (κ2) is 8.91. The first-order valence-corrected chi connectivity index (χ1v) is 9.55. The molecule has 2 aromatic rings. The number of hydrogen-bond acceptors (Lipinski definition) is 4.